The van der Waals surface area contributed by atoms with Gasteiger partial charge in [-0.05, 0) is 18.4 Å². The summed E-state index contributed by atoms with van der Waals surface area (Å²) in [4.78, 5) is 21.2. The molecule has 0 saturated heterocycles. The molecule has 5 nitrogen and oxygen atoms in total. The molecule has 0 saturated carbocycles. The molecule has 0 spiro atoms. The highest BCUT2D eigenvalue weighted by Crippen LogP contribution is 2.20. The van der Waals surface area contributed by atoms with Crippen molar-refractivity contribution < 1.29 is 4.79 Å². The van der Waals surface area contributed by atoms with Gasteiger partial charge in [0.25, 0.3) is 5.91 Å². The second-order valence-corrected chi connectivity index (χ2v) is 5.75. The minimum absolute atomic E-state index is 0.0201. The van der Waals surface area contributed by atoms with Gasteiger partial charge in [0.15, 0.2) is 0 Å². The highest BCUT2D eigenvalue weighted by Gasteiger charge is 2.22. The fourth-order valence-corrected chi connectivity index (χ4v) is 2.92. The molecule has 6 heteroatoms. The van der Waals surface area contributed by atoms with Crippen LogP contribution in [0.25, 0.3) is 0 Å². The first-order valence-electron chi connectivity index (χ1n) is 6.73. The van der Waals surface area contributed by atoms with Crippen molar-refractivity contribution in [1.82, 2.24) is 19.4 Å². The number of nitrogens with one attached hydrogen (secondary N) is 1. The largest absolute Gasteiger partial charge is 0.356 e. The molecule has 0 radical (unpaired) electrons. The smallest absolute Gasteiger partial charge is 0.270 e. The lowest BCUT2D eigenvalue weighted by Crippen LogP contribution is -2.35. The lowest BCUT2D eigenvalue weighted by molar-refractivity contribution is 0.0755. The molecule has 20 heavy (non-hydrogen) atoms. The highest BCUT2D eigenvalue weighted by atomic mass is 35.5. The monoisotopic (exact) mass is 292 g/mol. The second kappa shape index (κ2) is 5.32. The van der Waals surface area contributed by atoms with Crippen LogP contribution >= 0.6 is 11.6 Å². The van der Waals surface area contributed by atoms with E-state index < -0.39 is 0 Å². The summed E-state index contributed by atoms with van der Waals surface area (Å²) >= 11 is 5.83. The summed E-state index contributed by atoms with van der Waals surface area (Å²) in [6.45, 7) is 1.67. The molecule has 106 valence electrons. The summed E-state index contributed by atoms with van der Waals surface area (Å²) in [6, 6.07) is 1.66. The Morgan fingerprint density at radius 1 is 1.65 bits per heavy atom. The number of hydrogen-bond acceptors (Lipinski definition) is 2. The molecule has 1 atom stereocenters. The molecule has 1 aliphatic rings. The van der Waals surface area contributed by atoms with Crippen LogP contribution in [-0.4, -0.2) is 38.9 Å². The molecular weight excluding hydrogens is 276 g/mol. The van der Waals surface area contributed by atoms with Gasteiger partial charge in [0, 0.05) is 45.1 Å². The van der Waals surface area contributed by atoms with Gasteiger partial charge >= 0.3 is 0 Å². The van der Waals surface area contributed by atoms with E-state index in [1.807, 2.05) is 19.4 Å². The standard InChI is InChI=1S/C14H17ClN4O/c1-18(14(20)12-6-11(15)7-17-12)8-10-2-3-13-16-4-5-19(13)9-10/h4-7,10,17H,2-3,8-9H2,1H3/t10-/m1/s1. The van der Waals surface area contributed by atoms with E-state index in [4.69, 9.17) is 11.6 Å². The van der Waals surface area contributed by atoms with Crippen LogP contribution < -0.4 is 0 Å². The van der Waals surface area contributed by atoms with Crippen LogP contribution in [0.4, 0.5) is 0 Å². The average molecular weight is 293 g/mol. The molecular formula is C14H17ClN4O. The summed E-state index contributed by atoms with van der Waals surface area (Å²) in [7, 11) is 1.83. The van der Waals surface area contributed by atoms with Crippen molar-refractivity contribution in [3.63, 3.8) is 0 Å². The second-order valence-electron chi connectivity index (χ2n) is 5.32. The van der Waals surface area contributed by atoms with Crippen LogP contribution in [-0.2, 0) is 13.0 Å². The zero-order chi connectivity index (χ0) is 14.1. The van der Waals surface area contributed by atoms with Crippen LogP contribution in [0.3, 0.4) is 0 Å². The first kappa shape index (κ1) is 13.2. The Morgan fingerprint density at radius 2 is 2.50 bits per heavy atom. The van der Waals surface area contributed by atoms with Crippen molar-refractivity contribution in [2.75, 3.05) is 13.6 Å². The Morgan fingerprint density at radius 3 is 3.25 bits per heavy atom. The molecule has 1 aliphatic heterocycles. The van der Waals surface area contributed by atoms with E-state index in [0.717, 1.165) is 31.8 Å². The Bertz CT molecular complexity index is 618. The van der Waals surface area contributed by atoms with Gasteiger partial charge in [-0.3, -0.25) is 4.79 Å². The van der Waals surface area contributed by atoms with Gasteiger partial charge in [0.2, 0.25) is 0 Å². The van der Waals surface area contributed by atoms with E-state index in [2.05, 4.69) is 14.5 Å². The van der Waals surface area contributed by atoms with E-state index in [9.17, 15) is 4.79 Å². The summed E-state index contributed by atoms with van der Waals surface area (Å²) in [5.74, 6) is 1.59. The summed E-state index contributed by atoms with van der Waals surface area (Å²) < 4.78 is 2.18. The first-order chi connectivity index (χ1) is 9.63. The first-order valence-corrected chi connectivity index (χ1v) is 7.10. The van der Waals surface area contributed by atoms with Crippen LogP contribution in [0.5, 0.6) is 0 Å². The predicted molar refractivity (Wildman–Crippen MR) is 76.8 cm³/mol. The summed E-state index contributed by atoms with van der Waals surface area (Å²) in [5.41, 5.74) is 0.539. The van der Waals surface area contributed by atoms with Gasteiger partial charge in [-0.2, -0.15) is 0 Å². The number of aromatic amines is 1. The van der Waals surface area contributed by atoms with E-state index in [-0.39, 0.29) is 5.91 Å². The number of carbonyl (C=O) groups is 1. The zero-order valence-electron chi connectivity index (χ0n) is 11.3. The number of rotatable bonds is 3. The lowest BCUT2D eigenvalue weighted by Gasteiger charge is -2.28. The third kappa shape index (κ3) is 2.58. The van der Waals surface area contributed by atoms with Crippen molar-refractivity contribution in [2.45, 2.75) is 19.4 Å². The van der Waals surface area contributed by atoms with Crippen molar-refractivity contribution >= 4 is 17.5 Å². The van der Waals surface area contributed by atoms with E-state index in [1.54, 1.807) is 17.2 Å². The number of nitrogens with zero attached hydrogens (tertiary/aromatic N) is 3. The molecule has 1 N–H and O–H groups in total. The number of aryl methyl sites for hydroxylation is 1. The minimum Gasteiger partial charge on any atom is -0.356 e. The van der Waals surface area contributed by atoms with Gasteiger partial charge in [0.05, 0.1) is 5.02 Å². The van der Waals surface area contributed by atoms with Crippen LogP contribution in [0.1, 0.15) is 22.7 Å². The zero-order valence-corrected chi connectivity index (χ0v) is 12.1. The molecule has 0 unspecified atom stereocenters. The Balaban J connectivity index is 1.62. The van der Waals surface area contributed by atoms with Crippen LogP contribution in [0.15, 0.2) is 24.7 Å². The molecule has 3 rings (SSSR count). The van der Waals surface area contributed by atoms with Crippen molar-refractivity contribution in [3.05, 3.63) is 41.2 Å². The Hall–Kier alpha value is -1.75. The number of imidazole rings is 1. The maximum Gasteiger partial charge on any atom is 0.270 e. The number of halogens is 1. The van der Waals surface area contributed by atoms with Crippen LogP contribution in [0, 0.1) is 5.92 Å². The van der Waals surface area contributed by atoms with E-state index >= 15 is 0 Å². The SMILES string of the molecule is CN(C[C@H]1CCc2nccn2C1)C(=O)c1cc(Cl)c[nH]1. The molecule has 2 aromatic rings. The fourth-order valence-electron chi connectivity index (χ4n) is 2.75. The van der Waals surface area contributed by atoms with Gasteiger partial charge in [-0.25, -0.2) is 4.98 Å². The van der Waals surface area contributed by atoms with Gasteiger partial charge in [0.1, 0.15) is 11.5 Å². The molecule has 0 fully saturated rings. The number of fused-ring (bicyclic) bond motifs is 1. The highest BCUT2D eigenvalue weighted by molar-refractivity contribution is 6.30. The Kier molecular flexibility index (Phi) is 3.53. The lowest BCUT2D eigenvalue weighted by atomic mass is 9.99. The normalized spacial score (nSPS) is 17.8. The van der Waals surface area contributed by atoms with Crippen molar-refractivity contribution in [3.8, 4) is 0 Å². The molecule has 0 aromatic carbocycles. The maximum atomic E-state index is 12.2. The molecule has 1 amide bonds. The minimum atomic E-state index is -0.0201. The third-order valence-corrected chi connectivity index (χ3v) is 4.01. The number of aromatic nitrogens is 3. The quantitative estimate of drug-likeness (QED) is 0.943. The molecule has 2 aromatic heterocycles. The Labute approximate surface area is 122 Å². The number of hydrogen-bond donors (Lipinski definition) is 1. The van der Waals surface area contributed by atoms with Gasteiger partial charge in [-0.15, -0.1) is 0 Å². The number of carbonyl (C=O) groups excluding carboxylic acids is 1. The topological polar surface area (TPSA) is 53.9 Å². The molecule has 0 aliphatic carbocycles. The van der Waals surface area contributed by atoms with Crippen molar-refractivity contribution in [2.24, 2.45) is 5.92 Å². The number of H-pyrrole nitrogens is 1. The summed E-state index contributed by atoms with van der Waals surface area (Å²) in [6.07, 6.45) is 7.52. The maximum absolute atomic E-state index is 12.2. The number of amides is 1. The molecule has 3 heterocycles. The summed E-state index contributed by atoms with van der Waals surface area (Å²) in [5, 5.41) is 0.558. The average Bonchev–Trinajstić information content (AvgIpc) is 3.05. The van der Waals surface area contributed by atoms with Crippen LogP contribution in [0.2, 0.25) is 5.02 Å². The fraction of sp³-hybridized carbons (Fsp3) is 0.429. The third-order valence-electron chi connectivity index (χ3n) is 3.79. The molecule has 0 bridgehead atoms. The van der Waals surface area contributed by atoms with Crippen molar-refractivity contribution in [1.29, 1.82) is 0 Å². The van der Waals surface area contributed by atoms with E-state index in [0.29, 0.717) is 16.6 Å². The van der Waals surface area contributed by atoms with E-state index in [1.165, 1.54) is 0 Å². The van der Waals surface area contributed by atoms with Gasteiger partial charge < -0.3 is 14.5 Å². The predicted octanol–water partition coefficient (Wildman–Crippen LogP) is 2.20. The van der Waals surface area contributed by atoms with Gasteiger partial charge in [-0.1, -0.05) is 11.6 Å².